The summed E-state index contributed by atoms with van der Waals surface area (Å²) in [4.78, 5) is 4.89. The van der Waals surface area contributed by atoms with Crippen LogP contribution in [0.3, 0.4) is 0 Å². The van der Waals surface area contributed by atoms with Crippen molar-refractivity contribution in [3.05, 3.63) is 0 Å². The number of aliphatic hydroxyl groups excluding tert-OH is 1. The highest BCUT2D eigenvalue weighted by Crippen LogP contribution is 2.03. The van der Waals surface area contributed by atoms with Crippen molar-refractivity contribution in [3.8, 4) is 0 Å². The highest BCUT2D eigenvalue weighted by molar-refractivity contribution is 4.74. The number of hydrogen-bond acceptors (Lipinski definition) is 4. The molecule has 4 heteroatoms. The number of nitrogens with zero attached hydrogens (tertiary/aromatic N) is 2. The number of rotatable bonds is 8. The highest BCUT2D eigenvalue weighted by Gasteiger charge is 2.18. The van der Waals surface area contributed by atoms with Crippen LogP contribution in [0.2, 0.25) is 0 Å². The van der Waals surface area contributed by atoms with E-state index in [2.05, 4.69) is 29.0 Å². The Morgan fingerprint density at radius 3 is 2.29 bits per heavy atom. The van der Waals surface area contributed by atoms with Crippen LogP contribution in [0.1, 0.15) is 26.7 Å². The lowest BCUT2D eigenvalue weighted by Gasteiger charge is -2.35. The topological polar surface area (TPSA) is 38.7 Å². The van der Waals surface area contributed by atoms with Crippen molar-refractivity contribution >= 4 is 0 Å². The molecule has 0 spiro atoms. The van der Waals surface area contributed by atoms with Gasteiger partial charge >= 0.3 is 0 Å². The van der Waals surface area contributed by atoms with E-state index in [0.29, 0.717) is 0 Å². The van der Waals surface area contributed by atoms with Crippen LogP contribution in [0.5, 0.6) is 0 Å². The zero-order valence-corrected chi connectivity index (χ0v) is 11.5. The second kappa shape index (κ2) is 8.86. The third-order valence-corrected chi connectivity index (χ3v) is 3.28. The molecule has 102 valence electrons. The average Bonchev–Trinajstić information content (AvgIpc) is 2.32. The van der Waals surface area contributed by atoms with Gasteiger partial charge in [-0.1, -0.05) is 13.8 Å². The van der Waals surface area contributed by atoms with E-state index < -0.39 is 0 Å². The molecule has 1 unspecified atom stereocenters. The van der Waals surface area contributed by atoms with Crippen molar-refractivity contribution in [2.75, 3.05) is 52.4 Å². The Morgan fingerprint density at radius 2 is 1.71 bits per heavy atom. The minimum atomic E-state index is -0.223. The van der Waals surface area contributed by atoms with Crippen LogP contribution < -0.4 is 5.32 Å². The Morgan fingerprint density at radius 1 is 1.06 bits per heavy atom. The molecular formula is C13H29N3O. The predicted molar refractivity (Wildman–Crippen MR) is 72.3 cm³/mol. The van der Waals surface area contributed by atoms with Gasteiger partial charge < -0.3 is 15.3 Å². The normalized spacial score (nSPS) is 20.6. The largest absolute Gasteiger partial charge is 0.390 e. The summed E-state index contributed by atoms with van der Waals surface area (Å²) in [6.07, 6.45) is 2.14. The Labute approximate surface area is 106 Å². The Hall–Kier alpha value is -0.160. The van der Waals surface area contributed by atoms with Gasteiger partial charge in [-0.15, -0.1) is 0 Å². The standard InChI is InChI=1S/C13H29N3O/c1-3-5-14-11-13(17)12-16-9-7-15(6-4-2)8-10-16/h13-14,17H,3-12H2,1-2H3. The fourth-order valence-corrected chi connectivity index (χ4v) is 2.32. The maximum absolute atomic E-state index is 9.88. The zero-order valence-electron chi connectivity index (χ0n) is 11.5. The van der Waals surface area contributed by atoms with Crippen molar-refractivity contribution < 1.29 is 5.11 Å². The quantitative estimate of drug-likeness (QED) is 0.604. The molecule has 1 fully saturated rings. The predicted octanol–water partition coefficient (Wildman–Crippen LogP) is 0.375. The Bertz CT molecular complexity index is 182. The van der Waals surface area contributed by atoms with Crippen LogP contribution in [0.25, 0.3) is 0 Å². The number of hydrogen-bond donors (Lipinski definition) is 2. The summed E-state index contributed by atoms with van der Waals surface area (Å²) in [5.41, 5.74) is 0. The Kier molecular flexibility index (Phi) is 7.77. The van der Waals surface area contributed by atoms with E-state index in [4.69, 9.17) is 0 Å². The van der Waals surface area contributed by atoms with Gasteiger partial charge in [-0.25, -0.2) is 0 Å². The van der Waals surface area contributed by atoms with Crippen LogP contribution in [-0.2, 0) is 0 Å². The van der Waals surface area contributed by atoms with Gasteiger partial charge in [-0.05, 0) is 25.9 Å². The maximum atomic E-state index is 9.88. The van der Waals surface area contributed by atoms with Crippen LogP contribution in [-0.4, -0.2) is 73.4 Å². The summed E-state index contributed by atoms with van der Waals surface area (Å²) in [7, 11) is 0. The van der Waals surface area contributed by atoms with E-state index in [9.17, 15) is 5.11 Å². The molecule has 0 aromatic carbocycles. The molecule has 0 amide bonds. The fourth-order valence-electron chi connectivity index (χ4n) is 2.32. The maximum Gasteiger partial charge on any atom is 0.0791 e. The van der Waals surface area contributed by atoms with Crippen LogP contribution in [0.15, 0.2) is 0 Å². The van der Waals surface area contributed by atoms with Gasteiger partial charge in [-0.3, -0.25) is 4.90 Å². The van der Waals surface area contributed by atoms with Gasteiger partial charge in [0.1, 0.15) is 0 Å². The molecule has 0 aromatic heterocycles. The zero-order chi connectivity index (χ0) is 12.5. The molecule has 4 nitrogen and oxygen atoms in total. The number of aliphatic hydroxyl groups is 1. The summed E-state index contributed by atoms with van der Waals surface area (Å²) in [6.45, 7) is 12.7. The van der Waals surface area contributed by atoms with Gasteiger partial charge in [0.05, 0.1) is 6.10 Å². The first-order chi connectivity index (χ1) is 8.26. The summed E-state index contributed by atoms with van der Waals surface area (Å²) in [5, 5.41) is 13.1. The molecule has 2 N–H and O–H groups in total. The Balaban J connectivity index is 2.08. The molecule has 1 aliphatic rings. The van der Waals surface area contributed by atoms with E-state index >= 15 is 0 Å². The van der Waals surface area contributed by atoms with E-state index in [1.54, 1.807) is 0 Å². The minimum Gasteiger partial charge on any atom is -0.390 e. The van der Waals surface area contributed by atoms with Gasteiger partial charge in [0.2, 0.25) is 0 Å². The first kappa shape index (κ1) is 14.9. The molecule has 0 aliphatic carbocycles. The van der Waals surface area contributed by atoms with Gasteiger partial charge in [0.25, 0.3) is 0 Å². The van der Waals surface area contributed by atoms with Gasteiger partial charge in [0.15, 0.2) is 0 Å². The second-order valence-electron chi connectivity index (χ2n) is 5.00. The van der Waals surface area contributed by atoms with Crippen LogP contribution in [0, 0.1) is 0 Å². The van der Waals surface area contributed by atoms with E-state index in [1.807, 2.05) is 0 Å². The van der Waals surface area contributed by atoms with Crippen molar-refractivity contribution in [3.63, 3.8) is 0 Å². The molecular weight excluding hydrogens is 214 g/mol. The SMILES string of the molecule is CCCNCC(O)CN1CCN(CCC)CC1. The lowest BCUT2D eigenvalue weighted by molar-refractivity contribution is 0.0727. The van der Waals surface area contributed by atoms with E-state index in [1.165, 1.54) is 13.0 Å². The average molecular weight is 243 g/mol. The molecule has 0 bridgehead atoms. The molecule has 17 heavy (non-hydrogen) atoms. The highest BCUT2D eigenvalue weighted by atomic mass is 16.3. The molecule has 1 aliphatic heterocycles. The minimum absolute atomic E-state index is 0.223. The number of piperazine rings is 1. The summed E-state index contributed by atoms with van der Waals surface area (Å²) >= 11 is 0. The molecule has 0 radical (unpaired) electrons. The van der Waals surface area contributed by atoms with E-state index in [-0.39, 0.29) is 6.10 Å². The monoisotopic (exact) mass is 243 g/mol. The summed E-state index contributed by atoms with van der Waals surface area (Å²) in [6, 6.07) is 0. The molecule has 0 saturated carbocycles. The van der Waals surface area contributed by atoms with Gasteiger partial charge in [-0.2, -0.15) is 0 Å². The van der Waals surface area contributed by atoms with Gasteiger partial charge in [0, 0.05) is 39.3 Å². The summed E-state index contributed by atoms with van der Waals surface area (Å²) < 4.78 is 0. The first-order valence-electron chi connectivity index (χ1n) is 7.09. The van der Waals surface area contributed by atoms with Crippen molar-refractivity contribution in [2.24, 2.45) is 0 Å². The van der Waals surface area contributed by atoms with Crippen LogP contribution >= 0.6 is 0 Å². The third kappa shape index (κ3) is 6.36. The molecule has 1 rings (SSSR count). The van der Waals surface area contributed by atoms with Crippen LogP contribution in [0.4, 0.5) is 0 Å². The lowest BCUT2D eigenvalue weighted by Crippen LogP contribution is -2.49. The van der Waals surface area contributed by atoms with Crippen molar-refractivity contribution in [2.45, 2.75) is 32.8 Å². The molecule has 1 atom stereocenters. The third-order valence-electron chi connectivity index (χ3n) is 3.28. The fraction of sp³-hybridized carbons (Fsp3) is 1.00. The second-order valence-corrected chi connectivity index (χ2v) is 5.00. The molecule has 0 aromatic rings. The summed E-state index contributed by atoms with van der Waals surface area (Å²) in [5.74, 6) is 0. The number of nitrogens with one attached hydrogen (secondary N) is 1. The smallest absolute Gasteiger partial charge is 0.0791 e. The first-order valence-corrected chi connectivity index (χ1v) is 7.09. The van der Waals surface area contributed by atoms with E-state index in [0.717, 1.165) is 52.2 Å². The molecule has 1 saturated heterocycles. The molecule has 1 heterocycles. The number of β-amino-alcohol motifs (C(OH)–C–C–N with tert-alkyl or cyclic N) is 1. The lowest BCUT2D eigenvalue weighted by atomic mass is 10.2. The van der Waals surface area contributed by atoms with Crippen molar-refractivity contribution in [1.82, 2.24) is 15.1 Å². The van der Waals surface area contributed by atoms with Crippen molar-refractivity contribution in [1.29, 1.82) is 0 Å².